The fourth-order valence-corrected chi connectivity index (χ4v) is 3.36. The predicted molar refractivity (Wildman–Crippen MR) is 102 cm³/mol. The van der Waals surface area contributed by atoms with E-state index in [4.69, 9.17) is 0 Å². The van der Waals surface area contributed by atoms with E-state index < -0.39 is 5.54 Å². The predicted octanol–water partition coefficient (Wildman–Crippen LogP) is 1.31. The van der Waals surface area contributed by atoms with Gasteiger partial charge in [0.1, 0.15) is 5.54 Å². The second-order valence-electron chi connectivity index (χ2n) is 6.37. The summed E-state index contributed by atoms with van der Waals surface area (Å²) in [7, 11) is 0. The van der Waals surface area contributed by atoms with E-state index in [1.807, 2.05) is 43.5 Å². The lowest BCUT2D eigenvalue weighted by atomic mass is 9.87. The summed E-state index contributed by atoms with van der Waals surface area (Å²) >= 11 is 0. The number of nitrogens with zero attached hydrogens (tertiary/aromatic N) is 6. The van der Waals surface area contributed by atoms with Crippen molar-refractivity contribution in [3.05, 3.63) is 48.5 Å². The van der Waals surface area contributed by atoms with Gasteiger partial charge in [-0.05, 0) is 67.5 Å². The number of hydrogen-bond donors (Lipinski definition) is 2. The SMILES string of the molecule is Cc1nnnn1-c1cccc(NC(=O)C2(n3cccn3)CCNCC2)c1.Cl. The minimum absolute atomic E-state index is 0. The number of halogens is 1. The number of amides is 1. The average Bonchev–Trinajstić information content (AvgIpc) is 3.34. The topological polar surface area (TPSA) is 103 Å². The van der Waals surface area contributed by atoms with Gasteiger partial charge in [0.05, 0.1) is 5.69 Å². The van der Waals surface area contributed by atoms with Crippen molar-refractivity contribution in [3.8, 4) is 5.69 Å². The van der Waals surface area contributed by atoms with Crippen LogP contribution in [0, 0.1) is 6.92 Å². The van der Waals surface area contributed by atoms with E-state index in [0.717, 1.165) is 18.8 Å². The third-order valence-electron chi connectivity index (χ3n) is 4.77. The Balaban J connectivity index is 0.00000210. The zero-order valence-corrected chi connectivity index (χ0v) is 15.7. The zero-order chi connectivity index (χ0) is 18.0. The molecule has 0 radical (unpaired) electrons. The fourth-order valence-electron chi connectivity index (χ4n) is 3.36. The number of carbonyl (C=O) groups is 1. The smallest absolute Gasteiger partial charge is 0.252 e. The van der Waals surface area contributed by atoms with Crippen LogP contribution in [0.5, 0.6) is 0 Å². The Kier molecular flexibility index (Phi) is 5.52. The molecule has 2 aromatic heterocycles. The molecule has 10 heteroatoms. The third-order valence-corrected chi connectivity index (χ3v) is 4.77. The van der Waals surface area contributed by atoms with Crippen molar-refractivity contribution in [1.82, 2.24) is 35.3 Å². The normalized spacial score (nSPS) is 15.7. The number of aryl methyl sites for hydroxylation is 1. The van der Waals surface area contributed by atoms with E-state index >= 15 is 0 Å². The first-order valence-electron chi connectivity index (χ1n) is 8.57. The van der Waals surface area contributed by atoms with Gasteiger partial charge in [0.25, 0.3) is 5.91 Å². The van der Waals surface area contributed by atoms with Crippen LogP contribution in [0.4, 0.5) is 5.69 Å². The molecular formula is C17H21ClN8O. The van der Waals surface area contributed by atoms with Crippen LogP contribution in [-0.4, -0.2) is 49.0 Å². The maximum Gasteiger partial charge on any atom is 0.252 e. The Morgan fingerprint density at radius 3 is 2.74 bits per heavy atom. The van der Waals surface area contributed by atoms with Crippen molar-refractivity contribution in [2.24, 2.45) is 0 Å². The Morgan fingerprint density at radius 2 is 2.07 bits per heavy atom. The lowest BCUT2D eigenvalue weighted by Crippen LogP contribution is -2.52. The Morgan fingerprint density at radius 1 is 1.26 bits per heavy atom. The van der Waals surface area contributed by atoms with Gasteiger partial charge in [0.2, 0.25) is 0 Å². The molecule has 27 heavy (non-hydrogen) atoms. The maximum atomic E-state index is 13.2. The molecule has 1 fully saturated rings. The molecule has 0 atom stereocenters. The quantitative estimate of drug-likeness (QED) is 0.698. The monoisotopic (exact) mass is 388 g/mol. The van der Waals surface area contributed by atoms with E-state index in [1.165, 1.54) is 0 Å². The summed E-state index contributed by atoms with van der Waals surface area (Å²) in [5.41, 5.74) is 0.811. The summed E-state index contributed by atoms with van der Waals surface area (Å²) in [6.45, 7) is 3.38. The number of piperidine rings is 1. The number of hydrogen-bond acceptors (Lipinski definition) is 6. The fraction of sp³-hybridized carbons (Fsp3) is 0.353. The molecule has 0 saturated carbocycles. The Labute approximate surface area is 162 Å². The maximum absolute atomic E-state index is 13.2. The van der Waals surface area contributed by atoms with Crippen LogP contribution in [-0.2, 0) is 10.3 Å². The van der Waals surface area contributed by atoms with Gasteiger partial charge in [-0.1, -0.05) is 6.07 Å². The molecule has 0 aliphatic carbocycles. The first-order chi connectivity index (χ1) is 12.7. The van der Waals surface area contributed by atoms with Gasteiger partial charge >= 0.3 is 0 Å². The Bertz CT molecular complexity index is 901. The number of benzene rings is 1. The highest BCUT2D eigenvalue weighted by atomic mass is 35.5. The van der Waals surface area contributed by atoms with Gasteiger partial charge in [-0.3, -0.25) is 9.48 Å². The second-order valence-corrected chi connectivity index (χ2v) is 6.37. The first kappa shape index (κ1) is 19.0. The minimum atomic E-state index is -0.685. The molecule has 1 amide bonds. The van der Waals surface area contributed by atoms with Crippen LogP contribution in [0.2, 0.25) is 0 Å². The number of anilines is 1. The number of aromatic nitrogens is 6. The molecule has 0 bridgehead atoms. The minimum Gasteiger partial charge on any atom is -0.324 e. The molecule has 1 aromatic carbocycles. The number of rotatable bonds is 4. The van der Waals surface area contributed by atoms with Crippen LogP contribution in [0.15, 0.2) is 42.7 Å². The Hall–Kier alpha value is -2.78. The largest absolute Gasteiger partial charge is 0.324 e. The lowest BCUT2D eigenvalue weighted by Gasteiger charge is -2.36. The van der Waals surface area contributed by atoms with Crippen molar-refractivity contribution in [3.63, 3.8) is 0 Å². The molecule has 0 spiro atoms. The van der Waals surface area contributed by atoms with E-state index in [-0.39, 0.29) is 18.3 Å². The highest BCUT2D eigenvalue weighted by Gasteiger charge is 2.42. The zero-order valence-electron chi connectivity index (χ0n) is 14.9. The van der Waals surface area contributed by atoms with Crippen molar-refractivity contribution in [2.75, 3.05) is 18.4 Å². The van der Waals surface area contributed by atoms with E-state index in [0.29, 0.717) is 24.4 Å². The van der Waals surface area contributed by atoms with Crippen LogP contribution >= 0.6 is 12.4 Å². The van der Waals surface area contributed by atoms with Gasteiger partial charge in [-0.2, -0.15) is 9.78 Å². The van der Waals surface area contributed by atoms with Gasteiger partial charge in [0, 0.05) is 18.1 Å². The molecule has 1 aliphatic heterocycles. The summed E-state index contributed by atoms with van der Waals surface area (Å²) in [6, 6.07) is 9.33. The van der Waals surface area contributed by atoms with Gasteiger partial charge in [-0.15, -0.1) is 17.5 Å². The summed E-state index contributed by atoms with van der Waals surface area (Å²) in [6.07, 6.45) is 4.93. The molecule has 3 aromatic rings. The van der Waals surface area contributed by atoms with Gasteiger partial charge in [-0.25, -0.2) is 0 Å². The lowest BCUT2D eigenvalue weighted by molar-refractivity contribution is -0.126. The summed E-state index contributed by atoms with van der Waals surface area (Å²) in [4.78, 5) is 13.2. The van der Waals surface area contributed by atoms with Crippen LogP contribution in [0.1, 0.15) is 18.7 Å². The molecule has 142 valence electrons. The third kappa shape index (κ3) is 3.56. The standard InChI is InChI=1S/C17H20N8O.ClH/c1-13-21-22-23-25(13)15-5-2-4-14(12-15)20-16(26)17(6-9-18-10-7-17)24-11-3-8-19-24;/h2-5,8,11-12,18H,6-7,9-10H2,1H3,(H,20,26);1H. The van der Waals surface area contributed by atoms with Crippen LogP contribution in [0.3, 0.4) is 0 Å². The molecule has 4 rings (SSSR count). The highest BCUT2D eigenvalue weighted by molar-refractivity contribution is 5.97. The number of carbonyl (C=O) groups excluding carboxylic acids is 1. The molecule has 9 nitrogen and oxygen atoms in total. The number of tetrazole rings is 1. The van der Waals surface area contributed by atoms with E-state index in [9.17, 15) is 4.79 Å². The van der Waals surface area contributed by atoms with E-state index in [2.05, 4.69) is 31.3 Å². The first-order valence-corrected chi connectivity index (χ1v) is 8.57. The van der Waals surface area contributed by atoms with Crippen molar-refractivity contribution >= 4 is 24.0 Å². The highest BCUT2D eigenvalue weighted by Crippen LogP contribution is 2.29. The van der Waals surface area contributed by atoms with Gasteiger partial charge < -0.3 is 10.6 Å². The van der Waals surface area contributed by atoms with Gasteiger partial charge in [0.15, 0.2) is 5.82 Å². The van der Waals surface area contributed by atoms with E-state index in [1.54, 1.807) is 15.6 Å². The molecule has 0 unspecified atom stereocenters. The molecule has 3 heterocycles. The van der Waals surface area contributed by atoms with Crippen LogP contribution < -0.4 is 10.6 Å². The summed E-state index contributed by atoms with van der Waals surface area (Å²) < 4.78 is 3.40. The molecular weight excluding hydrogens is 368 g/mol. The van der Waals surface area contributed by atoms with Crippen molar-refractivity contribution in [1.29, 1.82) is 0 Å². The molecule has 2 N–H and O–H groups in total. The average molecular weight is 389 g/mol. The number of nitrogens with one attached hydrogen (secondary N) is 2. The molecule has 1 saturated heterocycles. The van der Waals surface area contributed by atoms with Crippen molar-refractivity contribution < 1.29 is 4.79 Å². The molecule has 1 aliphatic rings. The van der Waals surface area contributed by atoms with Crippen molar-refractivity contribution in [2.45, 2.75) is 25.3 Å². The summed E-state index contributed by atoms with van der Waals surface area (Å²) in [5, 5.41) is 22.2. The van der Waals surface area contributed by atoms with Crippen LogP contribution in [0.25, 0.3) is 5.69 Å². The second kappa shape index (κ2) is 7.85. The summed E-state index contributed by atoms with van der Waals surface area (Å²) in [5.74, 6) is 0.619.